The topological polar surface area (TPSA) is 175 Å². The van der Waals surface area contributed by atoms with Crippen LogP contribution in [0.1, 0.15) is 39.0 Å². The maximum Gasteiger partial charge on any atom is 0.330 e. The van der Waals surface area contributed by atoms with E-state index in [1.54, 1.807) is 0 Å². The van der Waals surface area contributed by atoms with Crippen molar-refractivity contribution in [1.29, 1.82) is 0 Å². The fraction of sp³-hybridized carbons (Fsp3) is 0.371. The summed E-state index contributed by atoms with van der Waals surface area (Å²) in [5.41, 5.74) is 7.04. The van der Waals surface area contributed by atoms with E-state index in [4.69, 9.17) is 18.1 Å². The summed E-state index contributed by atoms with van der Waals surface area (Å²) < 4.78 is 53.1. The zero-order chi connectivity index (χ0) is 36.0. The van der Waals surface area contributed by atoms with Crippen molar-refractivity contribution < 1.29 is 26.5 Å². The third-order valence-electron chi connectivity index (χ3n) is 8.79. The molecular weight excluding hydrogens is 679 g/mol. The van der Waals surface area contributed by atoms with Gasteiger partial charge in [-0.15, -0.1) is 0 Å². The number of ether oxygens (including phenoxy) is 2. The molecule has 5 rings (SSSR count). The van der Waals surface area contributed by atoms with Gasteiger partial charge in [-0.05, 0) is 32.9 Å². The van der Waals surface area contributed by atoms with Crippen LogP contribution in [0, 0.1) is 0 Å². The molecule has 264 valence electrons. The first kappa shape index (κ1) is 36.9. The summed E-state index contributed by atoms with van der Waals surface area (Å²) in [7, 11) is -7.41. The Balaban J connectivity index is 1.72. The average Bonchev–Trinajstić information content (AvgIpc) is 3.36. The number of benzene rings is 3. The van der Waals surface area contributed by atoms with Gasteiger partial charge in [0.05, 0.1) is 19.5 Å². The zero-order valence-corrected chi connectivity index (χ0v) is 30.2. The van der Waals surface area contributed by atoms with Crippen molar-refractivity contribution in [2.75, 3.05) is 19.4 Å². The first-order valence-electron chi connectivity index (χ1n) is 16.1. The van der Waals surface area contributed by atoms with Crippen LogP contribution < -0.4 is 21.6 Å². The van der Waals surface area contributed by atoms with Gasteiger partial charge < -0.3 is 13.9 Å². The van der Waals surface area contributed by atoms with Crippen LogP contribution in [0.15, 0.2) is 118 Å². The van der Waals surface area contributed by atoms with Gasteiger partial charge in [0, 0.05) is 23.7 Å². The highest BCUT2D eigenvalue weighted by Crippen LogP contribution is 2.45. The van der Waals surface area contributed by atoms with E-state index >= 15 is 0 Å². The molecule has 1 saturated heterocycles. The Bertz CT molecular complexity index is 1980. The largest absolute Gasteiger partial charge is 0.404 e. The van der Waals surface area contributed by atoms with Crippen LogP contribution in [0.25, 0.3) is 10.4 Å². The molecule has 1 aliphatic rings. The second-order valence-electron chi connectivity index (χ2n) is 13.2. The highest BCUT2D eigenvalue weighted by Gasteiger charge is 2.60. The van der Waals surface area contributed by atoms with Crippen LogP contribution in [-0.2, 0) is 34.8 Å². The minimum atomic E-state index is -4.17. The van der Waals surface area contributed by atoms with Gasteiger partial charge >= 0.3 is 5.69 Å². The predicted molar refractivity (Wildman–Crippen MR) is 191 cm³/mol. The molecule has 2 heterocycles. The van der Waals surface area contributed by atoms with Crippen molar-refractivity contribution in [3.63, 3.8) is 0 Å². The van der Waals surface area contributed by atoms with Crippen molar-refractivity contribution >= 4 is 28.8 Å². The van der Waals surface area contributed by atoms with Crippen molar-refractivity contribution in [2.24, 2.45) is 5.11 Å². The number of hydrogen-bond acceptors (Lipinski definition) is 9. The highest BCUT2D eigenvalue weighted by atomic mass is 32.2. The molecule has 15 heteroatoms. The Labute approximate surface area is 291 Å². The molecule has 1 fully saturated rings. The Morgan fingerprint density at radius 1 is 0.960 bits per heavy atom. The fourth-order valence-corrected chi connectivity index (χ4v) is 11.9. The number of aromatic amines is 1. The zero-order valence-electron chi connectivity index (χ0n) is 28.3. The summed E-state index contributed by atoms with van der Waals surface area (Å²) in [6.07, 6.45) is -1.89. The molecule has 0 aliphatic carbocycles. The highest BCUT2D eigenvalue weighted by molar-refractivity contribution is 7.86. The van der Waals surface area contributed by atoms with E-state index in [2.05, 4.69) is 35.8 Å². The summed E-state index contributed by atoms with van der Waals surface area (Å²) in [4.78, 5) is 30.4. The van der Waals surface area contributed by atoms with Crippen molar-refractivity contribution in [2.45, 2.75) is 62.9 Å². The third-order valence-corrected chi connectivity index (χ3v) is 14.3. The van der Waals surface area contributed by atoms with Crippen LogP contribution in [-0.4, -0.2) is 63.5 Å². The lowest BCUT2D eigenvalue weighted by Gasteiger charge is -2.45. The minimum absolute atomic E-state index is 0.00689. The maximum absolute atomic E-state index is 13.2. The van der Waals surface area contributed by atoms with E-state index in [0.29, 0.717) is 0 Å². The Morgan fingerprint density at radius 3 is 2.06 bits per heavy atom. The van der Waals surface area contributed by atoms with Gasteiger partial charge in [-0.2, -0.15) is 8.42 Å². The molecule has 4 atom stereocenters. The smallest absolute Gasteiger partial charge is 0.330 e. The van der Waals surface area contributed by atoms with Crippen molar-refractivity contribution in [3.05, 3.63) is 140 Å². The minimum Gasteiger partial charge on any atom is -0.404 e. The Morgan fingerprint density at radius 2 is 1.54 bits per heavy atom. The first-order valence-corrected chi connectivity index (χ1v) is 19.8. The molecule has 0 amide bonds. The van der Waals surface area contributed by atoms with Gasteiger partial charge in [0.25, 0.3) is 24.0 Å². The molecule has 0 saturated carbocycles. The van der Waals surface area contributed by atoms with E-state index < -0.39 is 58.8 Å². The SMILES string of the molecule is CC(C)(C)[Si](OC[C@@]1(CCN=[N+]=[N-])O[C@@H](n2ccc(=O)[nH]c2=O)[C@H](OS(C)(=O)=O)[C@@H]1OCc1ccccc1)(c1ccccc1)c1ccccc1. The van der Waals surface area contributed by atoms with Crippen LogP contribution in [0.3, 0.4) is 0 Å². The Kier molecular flexibility index (Phi) is 11.3. The number of rotatable bonds is 14. The molecule has 13 nitrogen and oxygen atoms in total. The molecule has 1 N–H and O–H groups in total. The van der Waals surface area contributed by atoms with Crippen LogP contribution in [0.2, 0.25) is 5.04 Å². The Hall–Kier alpha value is -4.34. The summed E-state index contributed by atoms with van der Waals surface area (Å²) in [6, 6.07) is 30.2. The molecule has 0 radical (unpaired) electrons. The van der Waals surface area contributed by atoms with Gasteiger partial charge in [-0.1, -0.05) is 117 Å². The van der Waals surface area contributed by atoms with E-state index in [1.807, 2.05) is 91.0 Å². The lowest BCUT2D eigenvalue weighted by molar-refractivity contribution is -0.143. The number of H-pyrrole nitrogens is 1. The quantitative estimate of drug-likeness (QED) is 0.0669. The maximum atomic E-state index is 13.2. The van der Waals surface area contributed by atoms with Crippen LogP contribution in [0.5, 0.6) is 0 Å². The predicted octanol–water partition coefficient (Wildman–Crippen LogP) is 4.01. The molecule has 4 aromatic rings. The summed E-state index contributed by atoms with van der Waals surface area (Å²) in [5, 5.41) is 5.32. The number of nitrogens with zero attached hydrogens (tertiary/aromatic N) is 4. The third kappa shape index (κ3) is 8.00. The van der Waals surface area contributed by atoms with Crippen LogP contribution in [0.4, 0.5) is 0 Å². The average molecular weight is 720 g/mol. The van der Waals surface area contributed by atoms with E-state index in [9.17, 15) is 23.5 Å². The normalized spacial score (nSPS) is 21.1. The van der Waals surface area contributed by atoms with Gasteiger partial charge in [-0.3, -0.25) is 18.5 Å². The first-order chi connectivity index (χ1) is 23.8. The second-order valence-corrected chi connectivity index (χ2v) is 19.1. The van der Waals surface area contributed by atoms with Crippen LogP contribution >= 0.6 is 0 Å². The van der Waals surface area contributed by atoms with Gasteiger partial charge in [-0.25, -0.2) is 4.79 Å². The van der Waals surface area contributed by atoms with Gasteiger partial charge in [0.2, 0.25) is 0 Å². The van der Waals surface area contributed by atoms with Gasteiger partial charge in [0.15, 0.2) is 12.3 Å². The van der Waals surface area contributed by atoms with Crippen molar-refractivity contribution in [1.82, 2.24) is 9.55 Å². The second kappa shape index (κ2) is 15.3. The summed E-state index contributed by atoms with van der Waals surface area (Å²) in [6.45, 7) is 6.12. The monoisotopic (exact) mass is 719 g/mol. The summed E-state index contributed by atoms with van der Waals surface area (Å²) >= 11 is 0. The summed E-state index contributed by atoms with van der Waals surface area (Å²) in [5.74, 6) is 0. The van der Waals surface area contributed by atoms with Gasteiger partial charge in [0.1, 0.15) is 11.7 Å². The number of nitrogens with one attached hydrogen (secondary N) is 1. The molecule has 1 aromatic heterocycles. The van der Waals surface area contributed by atoms with E-state index in [1.165, 1.54) is 6.20 Å². The standard InChI is InChI=1S/C35H41N5O8SSi/c1-34(2,3)50(27-16-10-6-11-17-27,28-18-12-7-13-19-28)46-25-35(21-22-37-39-36)31(45-24-26-14-8-5-9-15-26)30(48-49(4,43)44)32(47-35)40-23-20-29(41)38-33(40)42/h5-20,23,30-32H,21-22,24-25H2,1-4H3,(H,38,41,42)/t30-,31+,32-,35-/m1/s1. The number of aromatic nitrogens is 2. The molecular formula is C35H41N5O8SSi. The molecule has 1 aliphatic heterocycles. The lowest BCUT2D eigenvalue weighted by Crippen LogP contribution is -2.68. The molecule has 0 spiro atoms. The molecule has 0 unspecified atom stereocenters. The lowest BCUT2D eigenvalue weighted by atomic mass is 9.92. The molecule has 0 bridgehead atoms. The molecule has 3 aromatic carbocycles. The fourth-order valence-electron chi connectivity index (χ4n) is 6.64. The molecule has 50 heavy (non-hydrogen) atoms. The van der Waals surface area contributed by atoms with E-state index in [-0.39, 0.29) is 26.2 Å². The number of azide groups is 1. The number of hydrogen-bond donors (Lipinski definition) is 1. The van der Waals surface area contributed by atoms with E-state index in [0.717, 1.165) is 32.8 Å². The van der Waals surface area contributed by atoms with Crippen molar-refractivity contribution in [3.8, 4) is 0 Å².